The summed E-state index contributed by atoms with van der Waals surface area (Å²) in [6.45, 7) is 4.26. The zero-order valence-electron chi connectivity index (χ0n) is 12.3. The standard InChI is InChI=1S/C17H20BrNOS/c1-13(2)10-17(20,14-4-3-9-19-11-14)12-21-16-7-5-15(18)6-8-16/h3-9,11,13,20H,10,12H2,1-2H3. The van der Waals surface area contributed by atoms with Gasteiger partial charge in [0, 0.05) is 33.1 Å². The number of aromatic nitrogens is 1. The second-order valence-corrected chi connectivity index (χ2v) is 7.58. The van der Waals surface area contributed by atoms with Crippen LogP contribution in [0.25, 0.3) is 0 Å². The Labute approximate surface area is 139 Å². The van der Waals surface area contributed by atoms with Crippen LogP contribution in [0.3, 0.4) is 0 Å². The average molecular weight is 366 g/mol. The van der Waals surface area contributed by atoms with Crippen molar-refractivity contribution in [3.63, 3.8) is 0 Å². The lowest BCUT2D eigenvalue weighted by Crippen LogP contribution is -2.30. The van der Waals surface area contributed by atoms with Crippen molar-refractivity contribution in [2.24, 2.45) is 5.92 Å². The van der Waals surface area contributed by atoms with Crippen LogP contribution < -0.4 is 0 Å². The molecule has 0 fully saturated rings. The van der Waals surface area contributed by atoms with Gasteiger partial charge in [-0.3, -0.25) is 4.98 Å². The van der Waals surface area contributed by atoms with Crippen molar-refractivity contribution < 1.29 is 5.11 Å². The van der Waals surface area contributed by atoms with Crippen molar-refractivity contribution >= 4 is 27.7 Å². The quantitative estimate of drug-likeness (QED) is 0.741. The molecule has 0 aliphatic carbocycles. The molecule has 0 saturated heterocycles. The first-order valence-electron chi connectivity index (χ1n) is 7.01. The van der Waals surface area contributed by atoms with Gasteiger partial charge in [0.2, 0.25) is 0 Å². The van der Waals surface area contributed by atoms with Gasteiger partial charge in [-0.05, 0) is 42.7 Å². The maximum atomic E-state index is 11.1. The molecule has 0 bridgehead atoms. The molecule has 0 saturated carbocycles. The molecule has 0 aliphatic heterocycles. The summed E-state index contributed by atoms with van der Waals surface area (Å²) in [6, 6.07) is 12.0. The minimum absolute atomic E-state index is 0.417. The molecule has 2 nitrogen and oxygen atoms in total. The molecule has 0 radical (unpaired) electrons. The third kappa shape index (κ3) is 4.83. The van der Waals surface area contributed by atoms with Crippen molar-refractivity contribution in [1.82, 2.24) is 4.98 Å². The van der Waals surface area contributed by atoms with Gasteiger partial charge in [-0.15, -0.1) is 11.8 Å². The fourth-order valence-electron chi connectivity index (χ4n) is 2.31. The molecule has 1 atom stereocenters. The van der Waals surface area contributed by atoms with Crippen LogP contribution in [0.1, 0.15) is 25.8 Å². The highest BCUT2D eigenvalue weighted by Gasteiger charge is 2.30. The molecule has 21 heavy (non-hydrogen) atoms. The monoisotopic (exact) mass is 365 g/mol. The first-order valence-corrected chi connectivity index (χ1v) is 8.79. The van der Waals surface area contributed by atoms with Crippen LogP contribution in [-0.2, 0) is 5.60 Å². The van der Waals surface area contributed by atoms with Crippen molar-refractivity contribution in [3.05, 3.63) is 58.8 Å². The molecule has 1 N–H and O–H groups in total. The number of nitrogens with zero attached hydrogens (tertiary/aromatic N) is 1. The summed E-state index contributed by atoms with van der Waals surface area (Å²) in [5, 5.41) is 11.1. The van der Waals surface area contributed by atoms with Crippen molar-refractivity contribution in [2.45, 2.75) is 30.8 Å². The summed E-state index contributed by atoms with van der Waals surface area (Å²) in [4.78, 5) is 5.31. The van der Waals surface area contributed by atoms with E-state index in [9.17, 15) is 5.11 Å². The number of benzene rings is 1. The molecule has 0 aliphatic rings. The minimum atomic E-state index is -0.847. The van der Waals surface area contributed by atoms with Crippen LogP contribution in [0.15, 0.2) is 58.2 Å². The van der Waals surface area contributed by atoms with E-state index in [-0.39, 0.29) is 0 Å². The van der Waals surface area contributed by atoms with Gasteiger partial charge < -0.3 is 5.11 Å². The normalized spacial score (nSPS) is 14.1. The van der Waals surface area contributed by atoms with Crippen LogP contribution >= 0.6 is 27.7 Å². The van der Waals surface area contributed by atoms with E-state index in [2.05, 4.69) is 46.9 Å². The Kier molecular flexibility index (Phi) is 5.85. The van der Waals surface area contributed by atoms with E-state index in [4.69, 9.17) is 0 Å². The minimum Gasteiger partial charge on any atom is -0.384 e. The number of halogens is 1. The lowest BCUT2D eigenvalue weighted by Gasteiger charge is -2.30. The molecule has 1 unspecified atom stereocenters. The largest absolute Gasteiger partial charge is 0.384 e. The summed E-state index contributed by atoms with van der Waals surface area (Å²) >= 11 is 5.11. The Morgan fingerprint density at radius 3 is 2.52 bits per heavy atom. The first kappa shape index (κ1) is 16.5. The molecule has 1 aromatic heterocycles. The van der Waals surface area contributed by atoms with E-state index >= 15 is 0 Å². The molecule has 2 aromatic rings. The number of hydrogen-bond acceptors (Lipinski definition) is 3. The van der Waals surface area contributed by atoms with Crippen molar-refractivity contribution in [1.29, 1.82) is 0 Å². The Balaban J connectivity index is 2.15. The number of thioether (sulfide) groups is 1. The fraction of sp³-hybridized carbons (Fsp3) is 0.353. The van der Waals surface area contributed by atoms with Gasteiger partial charge in [0.05, 0.1) is 0 Å². The van der Waals surface area contributed by atoms with Gasteiger partial charge in [-0.1, -0.05) is 35.8 Å². The fourth-order valence-corrected chi connectivity index (χ4v) is 3.59. The Hall–Kier alpha value is -0.840. The number of hydrogen-bond donors (Lipinski definition) is 1. The number of rotatable bonds is 6. The summed E-state index contributed by atoms with van der Waals surface area (Å²) in [6.07, 6.45) is 4.23. The summed E-state index contributed by atoms with van der Waals surface area (Å²) in [5.74, 6) is 1.04. The molecule has 112 valence electrons. The van der Waals surface area contributed by atoms with Crippen LogP contribution in [0.4, 0.5) is 0 Å². The lowest BCUT2D eigenvalue weighted by molar-refractivity contribution is 0.0396. The summed E-state index contributed by atoms with van der Waals surface area (Å²) < 4.78 is 1.07. The SMILES string of the molecule is CC(C)CC(O)(CSc1ccc(Br)cc1)c1cccnc1. The van der Waals surface area contributed by atoms with Gasteiger partial charge in [0.1, 0.15) is 5.60 Å². The first-order chi connectivity index (χ1) is 9.99. The van der Waals surface area contributed by atoms with E-state index in [1.807, 2.05) is 24.3 Å². The molecule has 0 amide bonds. The highest BCUT2D eigenvalue weighted by atomic mass is 79.9. The lowest BCUT2D eigenvalue weighted by atomic mass is 9.88. The number of aliphatic hydroxyl groups is 1. The molecule has 1 heterocycles. The van der Waals surface area contributed by atoms with E-state index < -0.39 is 5.60 Å². The Morgan fingerprint density at radius 1 is 1.24 bits per heavy atom. The second-order valence-electron chi connectivity index (χ2n) is 5.61. The van der Waals surface area contributed by atoms with Crippen LogP contribution in [-0.4, -0.2) is 15.8 Å². The average Bonchev–Trinajstić information content (AvgIpc) is 2.47. The highest BCUT2D eigenvalue weighted by molar-refractivity contribution is 9.10. The van der Waals surface area contributed by atoms with E-state index in [1.165, 1.54) is 0 Å². The predicted molar refractivity (Wildman–Crippen MR) is 92.5 cm³/mol. The second kappa shape index (κ2) is 7.43. The molecule has 0 spiro atoms. The maximum absolute atomic E-state index is 11.1. The summed E-state index contributed by atoms with van der Waals surface area (Å²) in [7, 11) is 0. The molecule has 4 heteroatoms. The van der Waals surface area contributed by atoms with Crippen LogP contribution in [0.2, 0.25) is 0 Å². The van der Waals surface area contributed by atoms with Crippen molar-refractivity contribution in [3.8, 4) is 0 Å². The third-order valence-electron chi connectivity index (χ3n) is 3.24. The van der Waals surface area contributed by atoms with Crippen LogP contribution in [0, 0.1) is 5.92 Å². The third-order valence-corrected chi connectivity index (χ3v) is 4.99. The van der Waals surface area contributed by atoms with E-state index in [1.54, 1.807) is 24.2 Å². The topological polar surface area (TPSA) is 33.1 Å². The Morgan fingerprint density at radius 2 is 1.95 bits per heavy atom. The molecular weight excluding hydrogens is 346 g/mol. The molecule has 2 rings (SSSR count). The highest BCUT2D eigenvalue weighted by Crippen LogP contribution is 2.34. The molecular formula is C17H20BrNOS. The van der Waals surface area contributed by atoms with Gasteiger partial charge in [0.15, 0.2) is 0 Å². The van der Waals surface area contributed by atoms with Gasteiger partial charge in [-0.25, -0.2) is 0 Å². The number of pyridine rings is 1. The maximum Gasteiger partial charge on any atom is 0.101 e. The van der Waals surface area contributed by atoms with Crippen molar-refractivity contribution in [2.75, 3.05) is 5.75 Å². The van der Waals surface area contributed by atoms with E-state index in [0.717, 1.165) is 21.4 Å². The van der Waals surface area contributed by atoms with Gasteiger partial charge in [-0.2, -0.15) is 0 Å². The molecule has 1 aromatic carbocycles. The zero-order valence-corrected chi connectivity index (χ0v) is 14.7. The van der Waals surface area contributed by atoms with Crippen LogP contribution in [0.5, 0.6) is 0 Å². The van der Waals surface area contributed by atoms with Gasteiger partial charge in [0.25, 0.3) is 0 Å². The van der Waals surface area contributed by atoms with E-state index in [0.29, 0.717) is 11.7 Å². The predicted octanol–water partition coefficient (Wildman–Crippen LogP) is 4.87. The van der Waals surface area contributed by atoms with Gasteiger partial charge >= 0.3 is 0 Å². The zero-order chi connectivity index (χ0) is 15.3. The Bertz CT molecular complexity index is 559. The smallest absolute Gasteiger partial charge is 0.101 e. The summed E-state index contributed by atoms with van der Waals surface area (Å²) in [5.41, 5.74) is 0.0449.